The zero-order valence-electron chi connectivity index (χ0n) is 10.0. The van der Waals surface area contributed by atoms with Gasteiger partial charge in [-0.2, -0.15) is 15.3 Å². The summed E-state index contributed by atoms with van der Waals surface area (Å²) in [4.78, 5) is 12.7. The minimum absolute atomic E-state index is 0.481. The first-order valence-electron chi connectivity index (χ1n) is 5.56. The third-order valence-electron chi connectivity index (χ3n) is 2.67. The number of aromatic nitrogens is 5. The SMILES string of the molecule is CNc1nc(-c2cncc(C#N)c2)c2cn[nH]c2n1. The van der Waals surface area contributed by atoms with Gasteiger partial charge in [-0.3, -0.25) is 10.1 Å². The van der Waals surface area contributed by atoms with E-state index in [1.54, 1.807) is 25.5 Å². The van der Waals surface area contributed by atoms with Crippen LogP contribution in [0.5, 0.6) is 0 Å². The molecule has 0 atom stereocenters. The minimum Gasteiger partial charge on any atom is -0.357 e. The highest BCUT2D eigenvalue weighted by atomic mass is 15.2. The van der Waals surface area contributed by atoms with Crippen LogP contribution in [0.1, 0.15) is 5.56 Å². The Morgan fingerprint density at radius 2 is 2.16 bits per heavy atom. The Bertz CT molecular complexity index is 784. The topological polar surface area (TPSA) is 103 Å². The Morgan fingerprint density at radius 3 is 2.95 bits per heavy atom. The Kier molecular flexibility index (Phi) is 2.54. The molecule has 7 heteroatoms. The number of hydrogen-bond donors (Lipinski definition) is 2. The summed E-state index contributed by atoms with van der Waals surface area (Å²) in [5.74, 6) is 0.481. The second-order valence-corrected chi connectivity index (χ2v) is 3.85. The van der Waals surface area contributed by atoms with E-state index in [9.17, 15) is 0 Å². The summed E-state index contributed by atoms with van der Waals surface area (Å²) in [6.07, 6.45) is 4.83. The van der Waals surface area contributed by atoms with Gasteiger partial charge in [0.05, 0.1) is 22.8 Å². The highest BCUT2D eigenvalue weighted by molar-refractivity contribution is 5.90. The number of nitriles is 1. The van der Waals surface area contributed by atoms with Gasteiger partial charge in [-0.15, -0.1) is 0 Å². The molecule has 0 amide bonds. The molecule has 0 unspecified atom stereocenters. The van der Waals surface area contributed by atoms with Gasteiger partial charge in [0.15, 0.2) is 5.65 Å². The predicted molar refractivity (Wildman–Crippen MR) is 69.2 cm³/mol. The number of nitrogens with zero attached hydrogens (tertiary/aromatic N) is 5. The summed E-state index contributed by atoms with van der Waals surface area (Å²) in [5, 5.41) is 19.4. The second kappa shape index (κ2) is 4.34. The van der Waals surface area contributed by atoms with Gasteiger partial charge in [-0.25, -0.2) is 4.98 Å². The molecular formula is C12H9N7. The number of H-pyrrole nitrogens is 1. The Morgan fingerprint density at radius 1 is 1.26 bits per heavy atom. The molecule has 0 saturated carbocycles. The predicted octanol–water partition coefficient (Wildman–Crippen LogP) is 1.33. The molecule has 0 aromatic carbocycles. The molecule has 0 saturated heterocycles. The van der Waals surface area contributed by atoms with E-state index in [2.05, 4.69) is 36.5 Å². The smallest absolute Gasteiger partial charge is 0.225 e. The van der Waals surface area contributed by atoms with E-state index in [4.69, 9.17) is 5.26 Å². The van der Waals surface area contributed by atoms with Crippen LogP contribution in [0.4, 0.5) is 5.95 Å². The first kappa shape index (κ1) is 11.1. The summed E-state index contributed by atoms with van der Waals surface area (Å²) in [7, 11) is 1.74. The van der Waals surface area contributed by atoms with Gasteiger partial charge in [0.25, 0.3) is 0 Å². The van der Waals surface area contributed by atoms with E-state index >= 15 is 0 Å². The third kappa shape index (κ3) is 1.85. The Labute approximate surface area is 108 Å². The molecule has 0 bridgehead atoms. The molecule has 3 aromatic heterocycles. The Balaban J connectivity index is 2.28. The van der Waals surface area contributed by atoms with Crippen LogP contribution in [-0.4, -0.2) is 32.2 Å². The van der Waals surface area contributed by atoms with Gasteiger partial charge in [0.2, 0.25) is 5.95 Å². The molecule has 3 heterocycles. The van der Waals surface area contributed by atoms with E-state index in [0.29, 0.717) is 22.9 Å². The quantitative estimate of drug-likeness (QED) is 0.712. The maximum Gasteiger partial charge on any atom is 0.225 e. The highest BCUT2D eigenvalue weighted by Crippen LogP contribution is 2.25. The molecule has 3 aromatic rings. The lowest BCUT2D eigenvalue weighted by Crippen LogP contribution is -1.99. The number of fused-ring (bicyclic) bond motifs is 1. The molecular weight excluding hydrogens is 242 g/mol. The number of aromatic amines is 1. The van der Waals surface area contributed by atoms with Crippen LogP contribution >= 0.6 is 0 Å². The monoisotopic (exact) mass is 251 g/mol. The molecule has 92 valence electrons. The molecule has 0 spiro atoms. The largest absolute Gasteiger partial charge is 0.357 e. The van der Waals surface area contributed by atoms with Crippen LogP contribution in [0.15, 0.2) is 24.7 Å². The van der Waals surface area contributed by atoms with Crippen molar-refractivity contribution in [1.29, 1.82) is 5.26 Å². The van der Waals surface area contributed by atoms with Crippen LogP contribution in [0.25, 0.3) is 22.3 Å². The lowest BCUT2D eigenvalue weighted by atomic mass is 10.1. The zero-order chi connectivity index (χ0) is 13.2. The van der Waals surface area contributed by atoms with Gasteiger partial charge in [-0.1, -0.05) is 0 Å². The Hall–Kier alpha value is -3.01. The van der Waals surface area contributed by atoms with Crippen LogP contribution in [0.3, 0.4) is 0 Å². The molecule has 3 rings (SSSR count). The number of pyridine rings is 1. The van der Waals surface area contributed by atoms with Crippen molar-refractivity contribution < 1.29 is 0 Å². The summed E-state index contributed by atoms with van der Waals surface area (Å²) >= 11 is 0. The zero-order valence-corrected chi connectivity index (χ0v) is 10.0. The first-order valence-corrected chi connectivity index (χ1v) is 5.56. The number of anilines is 1. The van der Waals surface area contributed by atoms with Gasteiger partial charge in [0, 0.05) is 25.0 Å². The minimum atomic E-state index is 0.481. The van der Waals surface area contributed by atoms with Crippen molar-refractivity contribution >= 4 is 17.0 Å². The number of nitrogens with one attached hydrogen (secondary N) is 2. The van der Waals surface area contributed by atoms with Gasteiger partial charge < -0.3 is 5.32 Å². The van der Waals surface area contributed by atoms with Crippen molar-refractivity contribution in [2.75, 3.05) is 12.4 Å². The fourth-order valence-corrected chi connectivity index (χ4v) is 1.80. The van der Waals surface area contributed by atoms with Crippen molar-refractivity contribution in [1.82, 2.24) is 25.1 Å². The van der Waals surface area contributed by atoms with E-state index in [0.717, 1.165) is 10.9 Å². The second-order valence-electron chi connectivity index (χ2n) is 3.85. The molecule has 7 nitrogen and oxygen atoms in total. The molecule has 0 radical (unpaired) electrons. The molecule has 0 fully saturated rings. The van der Waals surface area contributed by atoms with Gasteiger partial charge in [-0.05, 0) is 6.07 Å². The molecule has 19 heavy (non-hydrogen) atoms. The van der Waals surface area contributed by atoms with Crippen molar-refractivity contribution in [3.63, 3.8) is 0 Å². The van der Waals surface area contributed by atoms with E-state index in [1.807, 2.05) is 0 Å². The third-order valence-corrected chi connectivity index (χ3v) is 2.67. The maximum atomic E-state index is 8.93. The lowest BCUT2D eigenvalue weighted by Gasteiger charge is -2.05. The van der Waals surface area contributed by atoms with Crippen molar-refractivity contribution in [3.05, 3.63) is 30.2 Å². The van der Waals surface area contributed by atoms with Crippen molar-refractivity contribution in [2.24, 2.45) is 0 Å². The van der Waals surface area contributed by atoms with Crippen LogP contribution in [0, 0.1) is 11.3 Å². The summed E-state index contributed by atoms with van der Waals surface area (Å²) in [6.45, 7) is 0. The molecule has 0 aliphatic carbocycles. The molecule has 2 N–H and O–H groups in total. The summed E-state index contributed by atoms with van der Waals surface area (Å²) in [5.41, 5.74) is 2.56. The maximum absolute atomic E-state index is 8.93. The summed E-state index contributed by atoms with van der Waals surface area (Å²) < 4.78 is 0. The summed E-state index contributed by atoms with van der Waals surface area (Å²) in [6, 6.07) is 3.80. The van der Waals surface area contributed by atoms with E-state index < -0.39 is 0 Å². The fraction of sp³-hybridized carbons (Fsp3) is 0.0833. The van der Waals surface area contributed by atoms with E-state index in [1.165, 1.54) is 6.20 Å². The van der Waals surface area contributed by atoms with Gasteiger partial charge >= 0.3 is 0 Å². The first-order chi connectivity index (χ1) is 9.31. The van der Waals surface area contributed by atoms with Crippen molar-refractivity contribution in [3.8, 4) is 17.3 Å². The lowest BCUT2D eigenvalue weighted by molar-refractivity contribution is 1.09. The average Bonchev–Trinajstić information content (AvgIpc) is 2.94. The van der Waals surface area contributed by atoms with Crippen LogP contribution in [0.2, 0.25) is 0 Å². The number of rotatable bonds is 2. The van der Waals surface area contributed by atoms with Gasteiger partial charge in [0.1, 0.15) is 6.07 Å². The van der Waals surface area contributed by atoms with Crippen LogP contribution < -0.4 is 5.32 Å². The average molecular weight is 251 g/mol. The highest BCUT2D eigenvalue weighted by Gasteiger charge is 2.11. The van der Waals surface area contributed by atoms with E-state index in [-0.39, 0.29) is 0 Å². The normalized spacial score (nSPS) is 10.3. The number of hydrogen-bond acceptors (Lipinski definition) is 6. The molecule has 0 aliphatic rings. The van der Waals surface area contributed by atoms with Crippen LogP contribution in [-0.2, 0) is 0 Å². The molecule has 0 aliphatic heterocycles. The fourth-order valence-electron chi connectivity index (χ4n) is 1.80. The standard InChI is InChI=1S/C12H9N7/c1-14-12-17-10(9-6-16-19-11(9)18-12)8-2-7(3-13)4-15-5-8/h2,4-6H,1H3,(H2,14,16,17,18,19). The van der Waals surface area contributed by atoms with Crippen molar-refractivity contribution in [2.45, 2.75) is 0 Å².